The van der Waals surface area contributed by atoms with Crippen LogP contribution in [0.5, 0.6) is 0 Å². The number of carbonyl (C=O) groups is 1. The Labute approximate surface area is 138 Å². The highest BCUT2D eigenvalue weighted by Crippen LogP contribution is 2.25. The van der Waals surface area contributed by atoms with Gasteiger partial charge >= 0.3 is 0 Å². The highest BCUT2D eigenvalue weighted by molar-refractivity contribution is 5.94. The molecule has 1 aromatic heterocycles. The maximum atomic E-state index is 12.9. The number of amides is 1. The van der Waals surface area contributed by atoms with Crippen molar-refractivity contribution >= 4 is 5.91 Å². The second kappa shape index (κ2) is 8.44. The number of hydrogen-bond acceptors (Lipinski definition) is 3. The SMILES string of the molecule is CC[C@@H](c1ccncc1)N(CC)C(=O)c1ccc(COC)cc1. The fourth-order valence-electron chi connectivity index (χ4n) is 2.80. The van der Waals surface area contributed by atoms with E-state index in [2.05, 4.69) is 11.9 Å². The van der Waals surface area contributed by atoms with E-state index in [-0.39, 0.29) is 11.9 Å². The van der Waals surface area contributed by atoms with Gasteiger partial charge in [0.2, 0.25) is 0 Å². The number of aromatic nitrogens is 1. The fraction of sp³-hybridized carbons (Fsp3) is 0.368. The maximum Gasteiger partial charge on any atom is 0.254 e. The van der Waals surface area contributed by atoms with Crippen LogP contribution in [0.2, 0.25) is 0 Å². The Kier molecular flexibility index (Phi) is 6.29. The molecular weight excluding hydrogens is 288 g/mol. The van der Waals surface area contributed by atoms with Crippen LogP contribution < -0.4 is 0 Å². The molecule has 0 spiro atoms. The van der Waals surface area contributed by atoms with Crippen LogP contribution in [-0.4, -0.2) is 29.4 Å². The molecule has 23 heavy (non-hydrogen) atoms. The largest absolute Gasteiger partial charge is 0.380 e. The van der Waals surface area contributed by atoms with E-state index in [0.717, 1.165) is 17.5 Å². The minimum Gasteiger partial charge on any atom is -0.380 e. The third kappa shape index (κ3) is 4.17. The van der Waals surface area contributed by atoms with E-state index in [4.69, 9.17) is 4.74 Å². The quantitative estimate of drug-likeness (QED) is 0.780. The minimum absolute atomic E-state index is 0.0557. The van der Waals surface area contributed by atoms with Crippen molar-refractivity contribution in [3.05, 3.63) is 65.5 Å². The van der Waals surface area contributed by atoms with E-state index in [9.17, 15) is 4.79 Å². The van der Waals surface area contributed by atoms with Crippen LogP contribution in [0.1, 0.15) is 47.8 Å². The van der Waals surface area contributed by atoms with Crippen molar-refractivity contribution < 1.29 is 9.53 Å². The van der Waals surface area contributed by atoms with Crippen LogP contribution in [0.4, 0.5) is 0 Å². The summed E-state index contributed by atoms with van der Waals surface area (Å²) in [4.78, 5) is 18.9. The standard InChI is InChI=1S/C19H24N2O2/c1-4-18(16-10-12-20-13-11-16)21(5-2)19(22)17-8-6-15(7-9-17)14-23-3/h6-13,18H,4-5,14H2,1-3H3/t18-/m0/s1. The van der Waals surface area contributed by atoms with Crippen LogP contribution >= 0.6 is 0 Å². The molecule has 1 atom stereocenters. The molecule has 0 saturated carbocycles. The molecule has 1 aromatic carbocycles. The first-order valence-electron chi connectivity index (χ1n) is 8.00. The average Bonchev–Trinajstić information content (AvgIpc) is 2.60. The van der Waals surface area contributed by atoms with E-state index in [1.807, 2.05) is 48.2 Å². The van der Waals surface area contributed by atoms with Gasteiger partial charge in [0.05, 0.1) is 12.6 Å². The number of ether oxygens (including phenoxy) is 1. The first-order valence-corrected chi connectivity index (χ1v) is 8.00. The summed E-state index contributed by atoms with van der Waals surface area (Å²) in [5.74, 6) is 0.0557. The molecule has 4 nitrogen and oxygen atoms in total. The number of benzene rings is 1. The van der Waals surface area contributed by atoms with E-state index >= 15 is 0 Å². The normalized spacial score (nSPS) is 12.0. The molecule has 1 heterocycles. The molecule has 0 radical (unpaired) electrons. The summed E-state index contributed by atoms with van der Waals surface area (Å²) in [6.45, 7) is 5.34. The zero-order valence-corrected chi connectivity index (χ0v) is 14.0. The number of carbonyl (C=O) groups excluding carboxylic acids is 1. The molecule has 1 amide bonds. The molecule has 0 saturated heterocycles. The van der Waals surface area contributed by atoms with E-state index in [0.29, 0.717) is 18.7 Å². The molecule has 0 unspecified atom stereocenters. The summed E-state index contributed by atoms with van der Waals surface area (Å²) in [5, 5.41) is 0. The van der Waals surface area contributed by atoms with E-state index in [1.54, 1.807) is 19.5 Å². The van der Waals surface area contributed by atoms with Gasteiger partial charge in [-0.2, -0.15) is 0 Å². The van der Waals surface area contributed by atoms with Gasteiger partial charge in [0.15, 0.2) is 0 Å². The lowest BCUT2D eigenvalue weighted by atomic mass is 10.0. The molecule has 0 bridgehead atoms. The molecule has 0 aliphatic rings. The summed E-state index contributed by atoms with van der Waals surface area (Å²) in [6, 6.07) is 11.7. The maximum absolute atomic E-state index is 12.9. The average molecular weight is 312 g/mol. The second-order valence-electron chi connectivity index (χ2n) is 5.43. The molecule has 0 aliphatic heterocycles. The third-order valence-corrected chi connectivity index (χ3v) is 3.97. The molecule has 122 valence electrons. The molecule has 4 heteroatoms. The zero-order valence-electron chi connectivity index (χ0n) is 14.0. The highest BCUT2D eigenvalue weighted by atomic mass is 16.5. The van der Waals surface area contributed by atoms with Gasteiger partial charge in [-0.05, 0) is 48.7 Å². The van der Waals surface area contributed by atoms with Crippen molar-refractivity contribution in [3.8, 4) is 0 Å². The van der Waals surface area contributed by atoms with Crippen molar-refractivity contribution in [1.29, 1.82) is 0 Å². The fourth-order valence-corrected chi connectivity index (χ4v) is 2.80. The highest BCUT2D eigenvalue weighted by Gasteiger charge is 2.23. The van der Waals surface area contributed by atoms with Gasteiger partial charge in [-0.15, -0.1) is 0 Å². The van der Waals surface area contributed by atoms with Crippen LogP contribution in [0.25, 0.3) is 0 Å². The monoisotopic (exact) mass is 312 g/mol. The van der Waals surface area contributed by atoms with Crippen molar-refractivity contribution in [1.82, 2.24) is 9.88 Å². The van der Waals surface area contributed by atoms with E-state index < -0.39 is 0 Å². The zero-order chi connectivity index (χ0) is 16.7. The topological polar surface area (TPSA) is 42.4 Å². The Morgan fingerprint density at radius 3 is 2.30 bits per heavy atom. The van der Waals surface area contributed by atoms with Crippen LogP contribution in [0.3, 0.4) is 0 Å². The first-order chi connectivity index (χ1) is 11.2. The second-order valence-corrected chi connectivity index (χ2v) is 5.43. The van der Waals surface area contributed by atoms with Crippen molar-refractivity contribution in [2.75, 3.05) is 13.7 Å². The minimum atomic E-state index is 0.0557. The lowest BCUT2D eigenvalue weighted by molar-refractivity contribution is 0.0682. The molecule has 0 fully saturated rings. The van der Waals surface area contributed by atoms with Gasteiger partial charge < -0.3 is 9.64 Å². The Hall–Kier alpha value is -2.20. The smallest absolute Gasteiger partial charge is 0.254 e. The van der Waals surface area contributed by atoms with Crippen LogP contribution in [0, 0.1) is 0 Å². The van der Waals surface area contributed by atoms with Crippen molar-refractivity contribution in [2.24, 2.45) is 0 Å². The number of pyridine rings is 1. The van der Waals surface area contributed by atoms with E-state index in [1.165, 1.54) is 0 Å². The number of rotatable bonds is 7. The van der Waals surface area contributed by atoms with Gasteiger partial charge in [-0.3, -0.25) is 9.78 Å². The Balaban J connectivity index is 2.23. The summed E-state index contributed by atoms with van der Waals surface area (Å²) < 4.78 is 5.11. The molecule has 2 aromatic rings. The van der Waals surface area contributed by atoms with Gasteiger partial charge in [-0.1, -0.05) is 19.1 Å². The van der Waals surface area contributed by atoms with Crippen molar-refractivity contribution in [3.63, 3.8) is 0 Å². The predicted molar refractivity (Wildman–Crippen MR) is 91.1 cm³/mol. The Morgan fingerprint density at radius 1 is 1.13 bits per heavy atom. The molecule has 0 aliphatic carbocycles. The lowest BCUT2D eigenvalue weighted by Crippen LogP contribution is -2.34. The molecular formula is C19H24N2O2. The number of nitrogens with zero attached hydrogens (tertiary/aromatic N) is 2. The van der Waals surface area contributed by atoms with Gasteiger partial charge in [0, 0.05) is 31.6 Å². The summed E-state index contributed by atoms with van der Waals surface area (Å²) in [6.07, 6.45) is 4.41. The Bertz CT molecular complexity index is 611. The third-order valence-electron chi connectivity index (χ3n) is 3.97. The molecule has 2 rings (SSSR count). The number of methoxy groups -OCH3 is 1. The van der Waals surface area contributed by atoms with Gasteiger partial charge in [0.25, 0.3) is 5.91 Å². The lowest BCUT2D eigenvalue weighted by Gasteiger charge is -2.30. The van der Waals surface area contributed by atoms with Gasteiger partial charge in [-0.25, -0.2) is 0 Å². The Morgan fingerprint density at radius 2 is 1.78 bits per heavy atom. The number of hydrogen-bond donors (Lipinski definition) is 0. The van der Waals surface area contributed by atoms with Crippen LogP contribution in [0.15, 0.2) is 48.8 Å². The summed E-state index contributed by atoms with van der Waals surface area (Å²) >= 11 is 0. The summed E-state index contributed by atoms with van der Waals surface area (Å²) in [5.41, 5.74) is 2.89. The van der Waals surface area contributed by atoms with Gasteiger partial charge in [0.1, 0.15) is 0 Å². The predicted octanol–water partition coefficient (Wildman–Crippen LogP) is 3.84. The van der Waals surface area contributed by atoms with Crippen molar-refractivity contribution in [2.45, 2.75) is 32.9 Å². The molecule has 0 N–H and O–H groups in total. The van der Waals surface area contributed by atoms with Crippen LogP contribution in [-0.2, 0) is 11.3 Å². The first kappa shape index (κ1) is 17.2. The summed E-state index contributed by atoms with van der Waals surface area (Å²) in [7, 11) is 1.67.